The van der Waals surface area contributed by atoms with E-state index in [4.69, 9.17) is 6.42 Å². The van der Waals surface area contributed by atoms with Crippen molar-refractivity contribution in [1.29, 1.82) is 0 Å². The van der Waals surface area contributed by atoms with Crippen LogP contribution in [-0.4, -0.2) is 47.4 Å². The van der Waals surface area contributed by atoms with Crippen molar-refractivity contribution in [2.45, 2.75) is 81.2 Å². The number of amides is 3. The number of likely N-dealkylation sites (tertiary alicyclic amines) is 1. The smallest absolute Gasteiger partial charge is 0.318 e. The molecule has 0 radical (unpaired) electrons. The number of halogens is 2. The summed E-state index contributed by atoms with van der Waals surface area (Å²) in [6, 6.07) is 6.50. The molecule has 5 nitrogen and oxygen atoms in total. The monoisotopic (exact) mass is 443 g/mol. The Kier molecular flexibility index (Phi) is 5.91. The zero-order valence-electron chi connectivity index (χ0n) is 18.6. The summed E-state index contributed by atoms with van der Waals surface area (Å²) < 4.78 is 28.8. The number of hydrogen-bond donors (Lipinski definition) is 2. The number of carbonyl (C=O) groups excluding carboxylic acids is 2. The highest BCUT2D eigenvalue weighted by Crippen LogP contribution is 2.45. The van der Waals surface area contributed by atoms with Gasteiger partial charge in [-0.25, -0.2) is 13.6 Å². The van der Waals surface area contributed by atoms with Crippen LogP contribution in [0.1, 0.15) is 63.0 Å². The molecular formula is C25H31F2N3O2. The lowest BCUT2D eigenvalue weighted by molar-refractivity contribution is -0.126. The van der Waals surface area contributed by atoms with E-state index in [1.54, 1.807) is 11.8 Å². The van der Waals surface area contributed by atoms with Crippen molar-refractivity contribution in [1.82, 2.24) is 15.5 Å². The average molecular weight is 444 g/mol. The largest absolute Gasteiger partial charge is 0.338 e. The number of rotatable bonds is 7. The molecule has 7 heteroatoms. The second-order valence-corrected chi connectivity index (χ2v) is 9.64. The molecule has 1 saturated carbocycles. The van der Waals surface area contributed by atoms with Crippen molar-refractivity contribution < 1.29 is 18.4 Å². The van der Waals surface area contributed by atoms with Crippen molar-refractivity contribution >= 4 is 11.9 Å². The molecule has 4 rings (SSSR count). The summed E-state index contributed by atoms with van der Waals surface area (Å²) in [6.45, 7) is 2.74. The number of urea groups is 1. The molecule has 1 aromatic carbocycles. The first kappa shape index (κ1) is 22.6. The van der Waals surface area contributed by atoms with Crippen LogP contribution in [0.4, 0.5) is 13.6 Å². The molecule has 1 saturated heterocycles. The van der Waals surface area contributed by atoms with E-state index in [0.717, 1.165) is 19.3 Å². The van der Waals surface area contributed by atoms with Gasteiger partial charge < -0.3 is 15.5 Å². The summed E-state index contributed by atoms with van der Waals surface area (Å²) in [4.78, 5) is 27.5. The summed E-state index contributed by atoms with van der Waals surface area (Å²) in [7, 11) is 0. The van der Waals surface area contributed by atoms with Gasteiger partial charge in [0.1, 0.15) is 11.6 Å². The minimum Gasteiger partial charge on any atom is -0.338 e. The van der Waals surface area contributed by atoms with E-state index in [1.165, 1.54) is 11.1 Å². The lowest BCUT2D eigenvalue weighted by Gasteiger charge is -2.28. The maximum Gasteiger partial charge on any atom is 0.318 e. The van der Waals surface area contributed by atoms with Crippen molar-refractivity contribution in [3.05, 3.63) is 35.4 Å². The number of fused-ring (bicyclic) bond motifs is 2. The summed E-state index contributed by atoms with van der Waals surface area (Å²) >= 11 is 0. The number of alkyl halides is 2. The van der Waals surface area contributed by atoms with Gasteiger partial charge in [0.15, 0.2) is 0 Å². The van der Waals surface area contributed by atoms with E-state index in [1.807, 2.05) is 12.1 Å². The van der Waals surface area contributed by atoms with Crippen LogP contribution in [0.2, 0.25) is 0 Å². The standard InChI is InChI=1S/C25H31F2N3O2/c1-3-10-25(26,27)16-20(21(31)29-24(4-2)12-13-24)28-22(32)30-15-14-23(17-30)11-9-18-7-5-6-8-19(18)23/h2,5-8,20H,3,9-17H2,1H3,(H,28,32)(H,29,31)/t20-,23?/m0/s1. The second-order valence-electron chi connectivity index (χ2n) is 9.64. The number of carbonyl (C=O) groups is 2. The van der Waals surface area contributed by atoms with Crippen LogP contribution >= 0.6 is 0 Å². The Labute approximate surface area is 188 Å². The van der Waals surface area contributed by atoms with Crippen LogP contribution in [0.3, 0.4) is 0 Å². The third-order valence-corrected chi connectivity index (χ3v) is 7.22. The fraction of sp³-hybridized carbons (Fsp3) is 0.600. The fourth-order valence-corrected chi connectivity index (χ4v) is 5.20. The van der Waals surface area contributed by atoms with Crippen LogP contribution in [0.15, 0.2) is 24.3 Å². The van der Waals surface area contributed by atoms with Crippen LogP contribution < -0.4 is 10.6 Å². The van der Waals surface area contributed by atoms with Crippen LogP contribution in [-0.2, 0) is 16.6 Å². The molecule has 32 heavy (non-hydrogen) atoms. The molecule has 1 aromatic rings. The highest BCUT2D eigenvalue weighted by Gasteiger charge is 2.47. The van der Waals surface area contributed by atoms with Gasteiger partial charge >= 0.3 is 6.03 Å². The molecule has 1 spiro atoms. The van der Waals surface area contributed by atoms with Gasteiger partial charge in [0.05, 0.1) is 0 Å². The van der Waals surface area contributed by atoms with E-state index in [0.29, 0.717) is 25.9 Å². The Morgan fingerprint density at radius 3 is 2.69 bits per heavy atom. The third-order valence-electron chi connectivity index (χ3n) is 7.22. The molecular weight excluding hydrogens is 412 g/mol. The molecule has 2 atom stereocenters. The van der Waals surface area contributed by atoms with E-state index in [2.05, 4.69) is 28.7 Å². The van der Waals surface area contributed by atoms with Crippen molar-refractivity contribution in [2.24, 2.45) is 0 Å². The molecule has 3 aliphatic rings. The number of hydrogen-bond acceptors (Lipinski definition) is 2. The Morgan fingerprint density at radius 1 is 1.25 bits per heavy atom. The van der Waals surface area contributed by atoms with Crippen LogP contribution in [0.25, 0.3) is 0 Å². The Hall–Kier alpha value is -2.62. The first-order valence-electron chi connectivity index (χ1n) is 11.5. The molecule has 3 amide bonds. The zero-order chi connectivity index (χ0) is 23.0. The Morgan fingerprint density at radius 2 is 2.00 bits per heavy atom. The first-order chi connectivity index (χ1) is 15.2. The van der Waals surface area contributed by atoms with E-state index < -0.39 is 35.9 Å². The Balaban J connectivity index is 1.45. The van der Waals surface area contributed by atoms with Crippen molar-refractivity contribution in [3.63, 3.8) is 0 Å². The van der Waals surface area contributed by atoms with Gasteiger partial charge in [0.2, 0.25) is 5.91 Å². The molecule has 1 unspecified atom stereocenters. The van der Waals surface area contributed by atoms with Crippen molar-refractivity contribution in [2.75, 3.05) is 13.1 Å². The number of nitrogens with one attached hydrogen (secondary N) is 2. The predicted octanol–water partition coefficient (Wildman–Crippen LogP) is 3.76. The lowest BCUT2D eigenvalue weighted by atomic mass is 9.81. The molecule has 2 aliphatic carbocycles. The summed E-state index contributed by atoms with van der Waals surface area (Å²) in [5.74, 6) is -1.15. The minimum atomic E-state index is -3.05. The predicted molar refractivity (Wildman–Crippen MR) is 118 cm³/mol. The topological polar surface area (TPSA) is 61.4 Å². The highest BCUT2D eigenvalue weighted by molar-refractivity contribution is 5.88. The first-order valence-corrected chi connectivity index (χ1v) is 11.5. The van der Waals surface area contributed by atoms with Crippen molar-refractivity contribution in [3.8, 4) is 12.3 Å². The average Bonchev–Trinajstić information content (AvgIpc) is 3.25. The van der Waals surface area contributed by atoms with E-state index in [9.17, 15) is 18.4 Å². The number of terminal acetylenes is 1. The number of nitrogens with zero attached hydrogens (tertiary/aromatic N) is 1. The minimum absolute atomic E-state index is 0.0840. The molecule has 172 valence electrons. The third kappa shape index (κ3) is 4.46. The van der Waals surface area contributed by atoms with Gasteiger partial charge in [0, 0.05) is 31.3 Å². The quantitative estimate of drug-likeness (QED) is 0.631. The van der Waals surface area contributed by atoms with Gasteiger partial charge in [-0.05, 0) is 43.2 Å². The fourth-order valence-electron chi connectivity index (χ4n) is 5.20. The van der Waals surface area contributed by atoms with E-state index >= 15 is 0 Å². The molecule has 2 fully saturated rings. The molecule has 1 heterocycles. The van der Waals surface area contributed by atoms with Gasteiger partial charge in [-0.2, -0.15) is 0 Å². The van der Waals surface area contributed by atoms with Gasteiger partial charge in [-0.1, -0.05) is 43.5 Å². The van der Waals surface area contributed by atoms with Gasteiger partial charge in [0.25, 0.3) is 5.92 Å². The van der Waals surface area contributed by atoms with Gasteiger partial charge in [-0.15, -0.1) is 6.42 Å². The normalized spacial score (nSPS) is 24.0. The molecule has 0 aromatic heterocycles. The Bertz CT molecular complexity index is 937. The zero-order valence-corrected chi connectivity index (χ0v) is 18.6. The maximum atomic E-state index is 14.4. The summed E-state index contributed by atoms with van der Waals surface area (Å²) in [5, 5.41) is 5.30. The molecule has 0 bridgehead atoms. The highest BCUT2D eigenvalue weighted by atomic mass is 19.3. The molecule has 2 N–H and O–H groups in total. The van der Waals surface area contributed by atoms with Gasteiger partial charge in [-0.3, -0.25) is 4.79 Å². The maximum absolute atomic E-state index is 14.4. The lowest BCUT2D eigenvalue weighted by Crippen LogP contribution is -2.55. The van der Waals surface area contributed by atoms with E-state index in [-0.39, 0.29) is 18.3 Å². The van der Waals surface area contributed by atoms with Crippen LogP contribution in [0.5, 0.6) is 0 Å². The number of aryl methyl sites for hydroxylation is 1. The summed E-state index contributed by atoms with van der Waals surface area (Å²) in [5.41, 5.74) is 1.75. The summed E-state index contributed by atoms with van der Waals surface area (Å²) in [6.07, 6.45) is 8.73. The number of benzene rings is 1. The SMILES string of the molecule is C#CC1(NC(=O)[C@H](CC(F)(F)CCC)NC(=O)N2CCC3(CCc4ccccc43)C2)CC1. The second kappa shape index (κ2) is 8.38. The molecule has 1 aliphatic heterocycles. The van der Waals surface area contributed by atoms with Crippen LogP contribution in [0, 0.1) is 12.3 Å².